The maximum absolute atomic E-state index is 6.08. The number of rotatable bonds is 0. The molecule has 0 amide bonds. The van der Waals surface area contributed by atoms with Crippen LogP contribution in [-0.4, -0.2) is 33.6 Å². The van der Waals surface area contributed by atoms with E-state index in [4.69, 9.17) is 56.4 Å². The van der Waals surface area contributed by atoms with Crippen LogP contribution in [0.5, 0.6) is 0 Å². The van der Waals surface area contributed by atoms with Crippen molar-refractivity contribution in [3.05, 3.63) is 0 Å². The Hall–Kier alpha value is 2.10. The summed E-state index contributed by atoms with van der Waals surface area (Å²) in [7, 11) is -4.20. The summed E-state index contributed by atoms with van der Waals surface area (Å²) in [6.07, 6.45) is 0. The van der Waals surface area contributed by atoms with E-state index >= 15 is 0 Å². The first-order chi connectivity index (χ1) is 5.04. The molecule has 0 aromatic heterocycles. The van der Waals surface area contributed by atoms with Gasteiger partial charge in [-0.15, -0.1) is 23.2 Å². The van der Waals surface area contributed by atoms with Crippen molar-refractivity contribution in [3.63, 3.8) is 0 Å². The molecule has 0 aliphatic carbocycles. The Morgan fingerprint density at radius 3 is 1.64 bits per heavy atom. The van der Waals surface area contributed by atoms with Crippen molar-refractivity contribution in [1.82, 2.24) is 0 Å². The maximum atomic E-state index is 6.08. The molecule has 1 rings (SSSR count). The monoisotopic (exact) mass is 302 g/mol. The molecular formula is C3H7Cl5Si3. The van der Waals surface area contributed by atoms with Gasteiger partial charge in [-0.3, -0.25) is 0 Å². The molecule has 1 saturated heterocycles. The zero-order valence-corrected chi connectivity index (χ0v) is 12.7. The molecule has 0 nitrogen and oxygen atoms in total. The molecule has 0 spiro atoms. The van der Waals surface area contributed by atoms with E-state index in [9.17, 15) is 0 Å². The van der Waals surface area contributed by atoms with Gasteiger partial charge in [-0.25, -0.2) is 0 Å². The summed E-state index contributed by atoms with van der Waals surface area (Å²) in [5.41, 5.74) is 0.932. The minimum Gasteiger partial charge on any atom is -0.171 e. The van der Waals surface area contributed by atoms with Crippen LogP contribution in [0.15, 0.2) is 0 Å². The quantitative estimate of drug-likeness (QED) is 0.364. The van der Waals surface area contributed by atoms with Gasteiger partial charge in [0.15, 0.2) is 24.3 Å². The van der Waals surface area contributed by atoms with E-state index in [-0.39, 0.29) is 9.25 Å². The molecule has 0 aromatic rings. The third-order valence-electron chi connectivity index (χ3n) is 1.75. The average molecular weight is 305 g/mol. The molecule has 1 fully saturated rings. The first-order valence-corrected chi connectivity index (χ1v) is 13.7. The van der Waals surface area contributed by atoms with Gasteiger partial charge in [0, 0.05) is 9.25 Å². The topological polar surface area (TPSA) is 0 Å². The second kappa shape index (κ2) is 4.55. The summed E-state index contributed by atoms with van der Waals surface area (Å²) in [5.74, 6) is 0. The van der Waals surface area contributed by atoms with Crippen LogP contribution in [0.2, 0.25) is 5.67 Å². The van der Waals surface area contributed by atoms with E-state index in [0.29, 0.717) is 0 Å². The van der Waals surface area contributed by atoms with Crippen LogP contribution in [0.3, 0.4) is 0 Å². The molecule has 0 aromatic carbocycles. The van der Waals surface area contributed by atoms with E-state index in [1.807, 2.05) is 0 Å². The molecular weight excluding hydrogens is 298 g/mol. The van der Waals surface area contributed by atoms with Crippen LogP contribution >= 0.6 is 56.4 Å². The van der Waals surface area contributed by atoms with Crippen molar-refractivity contribution >= 4 is 80.8 Å². The summed E-state index contributed by atoms with van der Waals surface area (Å²) in [4.78, 5) is 0. The Balaban J connectivity index is 2.63. The lowest BCUT2D eigenvalue weighted by molar-refractivity contribution is 1.55. The molecule has 1 heterocycles. The second-order valence-electron chi connectivity index (χ2n) is 2.60. The number of alkyl halides is 2. The number of hydrogen-bond donors (Lipinski definition) is 0. The first-order valence-electron chi connectivity index (χ1n) is 3.24. The molecule has 0 bridgehead atoms. The zero-order valence-electron chi connectivity index (χ0n) is 5.48. The zero-order chi connectivity index (χ0) is 8.59. The van der Waals surface area contributed by atoms with Crippen LogP contribution in [0.1, 0.15) is 0 Å². The Kier molecular flexibility index (Phi) is 4.62. The summed E-state index contributed by atoms with van der Waals surface area (Å²) in [6.45, 7) is 0. The van der Waals surface area contributed by atoms with E-state index < -0.39 is 24.3 Å². The van der Waals surface area contributed by atoms with Gasteiger partial charge in [-0.1, -0.05) is 0 Å². The van der Waals surface area contributed by atoms with E-state index in [1.54, 1.807) is 0 Å². The lowest BCUT2D eigenvalue weighted by Gasteiger charge is -2.30. The van der Waals surface area contributed by atoms with Gasteiger partial charge in [0.1, 0.15) is 0 Å². The second-order valence-corrected chi connectivity index (χ2v) is 19.4. The smallest absolute Gasteiger partial charge is 0.171 e. The first kappa shape index (κ1) is 11.2. The molecule has 4 unspecified atom stereocenters. The highest BCUT2D eigenvalue weighted by Gasteiger charge is 2.44. The fourth-order valence-electron chi connectivity index (χ4n) is 1.05. The van der Waals surface area contributed by atoms with E-state index in [2.05, 4.69) is 0 Å². The van der Waals surface area contributed by atoms with Gasteiger partial charge >= 0.3 is 0 Å². The van der Waals surface area contributed by atoms with Gasteiger partial charge in [0.2, 0.25) is 0 Å². The summed E-state index contributed by atoms with van der Waals surface area (Å²) in [6, 6.07) is 0. The highest BCUT2D eigenvalue weighted by atomic mass is 35.6. The lowest BCUT2D eigenvalue weighted by atomic mass is 11.7. The molecule has 66 valence electrons. The van der Waals surface area contributed by atoms with Crippen molar-refractivity contribution in [3.8, 4) is 0 Å². The summed E-state index contributed by atoms with van der Waals surface area (Å²) < 4.78 is 0.0617. The fraction of sp³-hybridized carbons (Fsp3) is 1.00. The lowest BCUT2D eigenvalue weighted by Crippen LogP contribution is -2.52. The predicted molar refractivity (Wildman–Crippen MR) is 63.1 cm³/mol. The number of halogens is 5. The molecule has 1 aliphatic heterocycles. The molecule has 0 radical (unpaired) electrons. The fourth-order valence-corrected chi connectivity index (χ4v) is 28.9. The van der Waals surface area contributed by atoms with Crippen molar-refractivity contribution in [2.45, 2.75) is 14.9 Å². The summed E-state index contributed by atoms with van der Waals surface area (Å²) in [5, 5.41) is 0. The Labute approximate surface area is 95.0 Å². The number of hydrogen-bond acceptors (Lipinski definition) is 0. The van der Waals surface area contributed by atoms with Gasteiger partial charge in [-0.05, 0) is 5.67 Å². The molecule has 0 N–H and O–H groups in total. The molecule has 4 atom stereocenters. The Morgan fingerprint density at radius 1 is 0.909 bits per heavy atom. The summed E-state index contributed by atoms with van der Waals surface area (Å²) >= 11 is 30.3. The normalized spacial score (nSPS) is 52.6. The molecule has 1 aliphatic rings. The minimum absolute atomic E-state index is 0.0309. The largest absolute Gasteiger partial charge is 0.172 e. The van der Waals surface area contributed by atoms with Crippen molar-refractivity contribution < 1.29 is 0 Å². The Morgan fingerprint density at radius 2 is 1.27 bits per heavy atom. The van der Waals surface area contributed by atoms with Crippen LogP contribution in [0.4, 0.5) is 0 Å². The Bertz CT molecular complexity index is 131. The van der Waals surface area contributed by atoms with Gasteiger partial charge in [0.25, 0.3) is 0 Å². The van der Waals surface area contributed by atoms with Gasteiger partial charge < -0.3 is 0 Å². The van der Waals surface area contributed by atoms with Gasteiger partial charge in [0.05, 0.1) is 0 Å². The van der Waals surface area contributed by atoms with Crippen molar-refractivity contribution in [1.29, 1.82) is 0 Å². The predicted octanol–water partition coefficient (Wildman–Crippen LogP) is 1.80. The van der Waals surface area contributed by atoms with Crippen LogP contribution in [0, 0.1) is 0 Å². The van der Waals surface area contributed by atoms with Crippen LogP contribution < -0.4 is 0 Å². The molecule has 11 heavy (non-hydrogen) atoms. The van der Waals surface area contributed by atoms with Crippen molar-refractivity contribution in [2.24, 2.45) is 0 Å². The maximum Gasteiger partial charge on any atom is 0.172 e. The molecule has 8 heteroatoms. The standard InChI is InChI=1S/C3H7Cl5Si3/c4-2-9(6)1-10(7)3(5)11(2)8/h2-3,9-11H,1H2. The third kappa shape index (κ3) is 2.53. The van der Waals surface area contributed by atoms with Crippen LogP contribution in [-0.2, 0) is 0 Å². The van der Waals surface area contributed by atoms with E-state index in [1.165, 1.54) is 0 Å². The highest BCUT2D eigenvalue weighted by molar-refractivity contribution is 7.38. The molecule has 0 saturated carbocycles. The minimum atomic E-state index is -1.54. The van der Waals surface area contributed by atoms with E-state index in [0.717, 1.165) is 5.67 Å². The van der Waals surface area contributed by atoms with Crippen molar-refractivity contribution in [2.75, 3.05) is 0 Å². The van der Waals surface area contributed by atoms with Gasteiger partial charge in [-0.2, -0.15) is 33.2 Å². The SMILES string of the molecule is ClC1[SiH](Cl)C[SiH](Cl)C(Cl)[SiH]1Cl. The highest BCUT2D eigenvalue weighted by Crippen LogP contribution is 2.31. The third-order valence-corrected chi connectivity index (χ3v) is 27.6. The average Bonchev–Trinajstić information content (AvgIpc) is 1.97. The van der Waals surface area contributed by atoms with Crippen LogP contribution in [0.25, 0.3) is 0 Å².